The molecule has 0 aliphatic heterocycles. The molecule has 0 aliphatic rings. The first-order valence-corrected chi connectivity index (χ1v) is 26.1. The van der Waals surface area contributed by atoms with Crippen LogP contribution < -0.4 is 0 Å². The van der Waals surface area contributed by atoms with E-state index in [-0.39, 0.29) is 0 Å². The largest absolute Gasteiger partial charge is 0.0617 e. The minimum Gasteiger partial charge on any atom is -0.0617 e. The van der Waals surface area contributed by atoms with Crippen LogP contribution in [0.1, 0.15) is 203 Å². The van der Waals surface area contributed by atoms with Crippen LogP contribution in [0.25, 0.3) is 87.6 Å². The second-order valence-corrected chi connectivity index (χ2v) is 22.8. The van der Waals surface area contributed by atoms with E-state index in [0.29, 0.717) is 47.3 Å². The highest BCUT2D eigenvalue weighted by atomic mass is 14.3. The van der Waals surface area contributed by atoms with Gasteiger partial charge in [0.25, 0.3) is 0 Å². The lowest BCUT2D eigenvalue weighted by Gasteiger charge is -2.25. The molecule has 68 heavy (non-hydrogen) atoms. The average molecular weight is 893 g/mol. The third kappa shape index (κ3) is 8.04. The molecule has 0 aliphatic carbocycles. The van der Waals surface area contributed by atoms with Gasteiger partial charge in [0.15, 0.2) is 0 Å². The molecule has 0 N–H and O–H groups in total. The van der Waals surface area contributed by atoms with Crippen molar-refractivity contribution in [1.82, 2.24) is 0 Å². The minimum absolute atomic E-state index is 0.379. The van der Waals surface area contributed by atoms with Gasteiger partial charge in [-0.3, -0.25) is 0 Å². The van der Waals surface area contributed by atoms with Crippen LogP contribution in [0.3, 0.4) is 0 Å². The topological polar surface area (TPSA) is 0 Å². The van der Waals surface area contributed by atoms with E-state index < -0.39 is 0 Å². The van der Waals surface area contributed by atoms with Crippen molar-refractivity contribution in [1.29, 1.82) is 0 Å². The van der Waals surface area contributed by atoms with E-state index in [9.17, 15) is 0 Å². The zero-order valence-electron chi connectivity index (χ0n) is 44.2. The Bertz CT molecular complexity index is 2800. The van der Waals surface area contributed by atoms with E-state index in [4.69, 9.17) is 0 Å². The van der Waals surface area contributed by atoms with E-state index in [2.05, 4.69) is 232 Å². The molecule has 0 amide bonds. The SMILES string of the molecule is CC(C)c1cccc(C(C)C)c1-c1cc2cc(-c3c(C(C)C)cccc3C(C)C)cc3c4cc(-c5c(C(C)C)cccc5C(C)C)cc5cc(-c6c(C(C)C)cccc6C(C)C)cc(c(c1)c23)c54. The Balaban J connectivity index is 1.57. The van der Waals surface area contributed by atoms with Crippen molar-refractivity contribution >= 4 is 43.1 Å². The van der Waals surface area contributed by atoms with Gasteiger partial charge >= 0.3 is 0 Å². The van der Waals surface area contributed by atoms with Crippen LogP contribution in [0.4, 0.5) is 0 Å². The van der Waals surface area contributed by atoms with Crippen LogP contribution in [0.2, 0.25) is 0 Å². The molecule has 0 aromatic heterocycles. The summed E-state index contributed by atoms with van der Waals surface area (Å²) in [5, 5.41) is 10.7. The monoisotopic (exact) mass is 893 g/mol. The number of benzene rings is 9. The zero-order chi connectivity index (χ0) is 48.6. The Morgan fingerprint density at radius 2 is 0.382 bits per heavy atom. The van der Waals surface area contributed by atoms with Gasteiger partial charge in [-0.1, -0.05) is 184 Å². The average Bonchev–Trinajstić information content (AvgIpc) is 3.30. The second-order valence-electron chi connectivity index (χ2n) is 22.8. The maximum Gasteiger partial charge on any atom is -0.00255 e. The van der Waals surface area contributed by atoms with Crippen molar-refractivity contribution in [2.45, 2.75) is 158 Å². The Kier molecular flexibility index (Phi) is 12.7. The van der Waals surface area contributed by atoms with Crippen molar-refractivity contribution in [3.63, 3.8) is 0 Å². The van der Waals surface area contributed by atoms with E-state index in [1.807, 2.05) is 0 Å². The maximum absolute atomic E-state index is 2.60. The smallest absolute Gasteiger partial charge is 0.00255 e. The van der Waals surface area contributed by atoms with E-state index >= 15 is 0 Å². The molecule has 0 nitrogen and oxygen atoms in total. The maximum atomic E-state index is 2.60. The Morgan fingerprint density at radius 1 is 0.221 bits per heavy atom. The molecular weight excluding hydrogens is 817 g/mol. The molecule has 0 saturated heterocycles. The van der Waals surface area contributed by atoms with Gasteiger partial charge in [-0.25, -0.2) is 0 Å². The summed E-state index contributed by atoms with van der Waals surface area (Å²) in [6, 6.07) is 48.8. The molecule has 0 heteroatoms. The van der Waals surface area contributed by atoms with Crippen molar-refractivity contribution in [2.75, 3.05) is 0 Å². The van der Waals surface area contributed by atoms with Crippen molar-refractivity contribution in [2.24, 2.45) is 0 Å². The molecule has 0 fully saturated rings. The molecule has 9 aromatic rings. The third-order valence-corrected chi connectivity index (χ3v) is 15.3. The fraction of sp³-hybridized carbons (Fsp3) is 0.353. The molecule has 9 rings (SSSR count). The summed E-state index contributed by atoms with van der Waals surface area (Å²) in [6.07, 6.45) is 0. The van der Waals surface area contributed by atoms with Crippen LogP contribution in [0.5, 0.6) is 0 Å². The second kappa shape index (κ2) is 18.3. The number of fused-ring (bicyclic) bond motifs is 2. The predicted molar refractivity (Wildman–Crippen MR) is 302 cm³/mol. The van der Waals surface area contributed by atoms with Crippen molar-refractivity contribution in [3.8, 4) is 44.5 Å². The van der Waals surface area contributed by atoms with Crippen LogP contribution >= 0.6 is 0 Å². The van der Waals surface area contributed by atoms with Gasteiger partial charge in [0, 0.05) is 0 Å². The van der Waals surface area contributed by atoms with Crippen LogP contribution in [-0.2, 0) is 0 Å². The van der Waals surface area contributed by atoms with Gasteiger partial charge in [-0.05, 0) is 228 Å². The summed E-state index contributed by atoms with van der Waals surface area (Å²) in [4.78, 5) is 0. The molecular formula is C68H76. The molecule has 348 valence electrons. The van der Waals surface area contributed by atoms with Gasteiger partial charge < -0.3 is 0 Å². The van der Waals surface area contributed by atoms with Crippen molar-refractivity contribution in [3.05, 3.63) is 166 Å². The van der Waals surface area contributed by atoms with E-state index in [1.165, 1.54) is 132 Å². The van der Waals surface area contributed by atoms with Gasteiger partial charge in [-0.2, -0.15) is 0 Å². The van der Waals surface area contributed by atoms with E-state index in [1.54, 1.807) is 0 Å². The first-order valence-electron chi connectivity index (χ1n) is 26.1. The highest BCUT2D eigenvalue weighted by Gasteiger charge is 2.26. The van der Waals surface area contributed by atoms with Crippen LogP contribution in [0.15, 0.2) is 121 Å². The molecule has 9 aromatic carbocycles. The summed E-state index contributed by atoms with van der Waals surface area (Å²) in [5.74, 6) is 3.04. The van der Waals surface area contributed by atoms with Gasteiger partial charge in [0.1, 0.15) is 0 Å². The Hall–Kier alpha value is -5.72. The molecule has 0 saturated carbocycles. The van der Waals surface area contributed by atoms with Crippen LogP contribution in [0, 0.1) is 0 Å². The zero-order valence-corrected chi connectivity index (χ0v) is 44.2. The number of hydrogen-bond acceptors (Lipinski definition) is 0. The van der Waals surface area contributed by atoms with Crippen molar-refractivity contribution < 1.29 is 0 Å². The van der Waals surface area contributed by atoms with Gasteiger partial charge in [0.05, 0.1) is 0 Å². The first-order chi connectivity index (χ1) is 32.4. The van der Waals surface area contributed by atoms with Crippen LogP contribution in [-0.4, -0.2) is 0 Å². The molecule has 0 heterocycles. The fourth-order valence-corrected chi connectivity index (χ4v) is 12.0. The molecule has 0 atom stereocenters. The fourth-order valence-electron chi connectivity index (χ4n) is 12.0. The normalized spacial score (nSPS) is 12.6. The molecule has 0 spiro atoms. The summed E-state index contributed by atoms with van der Waals surface area (Å²) >= 11 is 0. The Morgan fingerprint density at radius 3 is 0.529 bits per heavy atom. The quantitative estimate of drug-likeness (QED) is 0.0847. The van der Waals surface area contributed by atoms with Gasteiger partial charge in [0.2, 0.25) is 0 Å². The summed E-state index contributed by atoms with van der Waals surface area (Å²) < 4.78 is 0. The van der Waals surface area contributed by atoms with Gasteiger partial charge in [-0.15, -0.1) is 0 Å². The summed E-state index contributed by atoms with van der Waals surface area (Å²) in [6.45, 7) is 37.8. The standard InChI is InChI=1S/C68H76/c1-37(2)51-21-17-22-52(38(3)4)63(51)47-29-45-30-48(64-53(39(5)6)23-18-24-54(64)40(7)8)35-61-62-36-50(66-57(43(13)14)27-20-28-58(66)44(15)16)32-46-31-49(34-60(68(46)62)59(33-47)67(45)61)65-55(41(9)10)25-19-26-56(65)42(11)12/h17-44H,1-16H3. The minimum atomic E-state index is 0.379. The predicted octanol–water partition coefficient (Wildman–Crippen LogP) is 21.4. The lowest BCUT2D eigenvalue weighted by molar-refractivity contribution is 0.838. The third-order valence-electron chi connectivity index (χ3n) is 15.3. The van der Waals surface area contributed by atoms with E-state index in [0.717, 1.165) is 0 Å². The summed E-state index contributed by atoms with van der Waals surface area (Å²) in [5.41, 5.74) is 22.3. The molecule has 0 unspecified atom stereocenters. The highest BCUT2D eigenvalue weighted by molar-refractivity contribution is 6.35. The first kappa shape index (κ1) is 47.4. The highest BCUT2D eigenvalue weighted by Crippen LogP contribution is 2.51. The number of rotatable bonds is 12. The number of hydrogen-bond donors (Lipinski definition) is 0. The Labute approximate surface area is 409 Å². The lowest BCUT2D eigenvalue weighted by Crippen LogP contribution is -2.02. The summed E-state index contributed by atoms with van der Waals surface area (Å²) in [7, 11) is 0. The molecule has 0 bridgehead atoms. The molecule has 0 radical (unpaired) electrons. The lowest BCUT2D eigenvalue weighted by atomic mass is 9.78.